The zero-order valence-electron chi connectivity index (χ0n) is 29.9. The van der Waals surface area contributed by atoms with Gasteiger partial charge in [-0.1, -0.05) is 86.3 Å². The van der Waals surface area contributed by atoms with Crippen molar-refractivity contribution in [1.82, 2.24) is 15.2 Å². The Labute approximate surface area is 283 Å². The molecule has 0 aliphatic rings. The summed E-state index contributed by atoms with van der Waals surface area (Å²) in [5.74, 6) is 0.339. The number of benzene rings is 1. The molecule has 0 fully saturated rings. The van der Waals surface area contributed by atoms with Gasteiger partial charge in [-0.3, -0.25) is 9.59 Å². The molecular formula is C37H62N4O4S. The highest BCUT2D eigenvalue weighted by atomic mass is 32.1. The maximum Gasteiger partial charge on any atom is 0.270 e. The van der Waals surface area contributed by atoms with Crippen molar-refractivity contribution in [3.63, 3.8) is 0 Å². The van der Waals surface area contributed by atoms with Gasteiger partial charge in [0.25, 0.3) is 5.91 Å². The number of nitrogens with two attached hydrogens (primary N) is 1. The quantitative estimate of drug-likeness (QED) is 0.109. The Morgan fingerprint density at radius 1 is 1.02 bits per heavy atom. The number of nitrogens with zero attached hydrogens (tertiary/aromatic N) is 2. The summed E-state index contributed by atoms with van der Waals surface area (Å²) in [5, 5.41) is 5.90. The summed E-state index contributed by atoms with van der Waals surface area (Å²) in [7, 11) is 0. The summed E-state index contributed by atoms with van der Waals surface area (Å²) in [5.41, 5.74) is 8.22. The van der Waals surface area contributed by atoms with E-state index >= 15 is 0 Å². The standard InChI is InChI=1S/C36H60N4O3S.CH2O/c1-9-12-14-15-21-40(33(41)16-13-10-2)31(26(4)5)23-32(43-11-3)35-39-30(25-44-35)34(42)38-29(24-36(6,7)8)22-27-17-19-28(37)20-18-27;1-2/h17-20,25-26,29,31-32H,9-16,21-24,37H2,1-8H3,(H,38,42);1H2/t29-,31?,32+;/m0./s1. The van der Waals surface area contributed by atoms with Gasteiger partial charge < -0.3 is 25.5 Å². The zero-order valence-corrected chi connectivity index (χ0v) is 30.7. The fourth-order valence-electron chi connectivity index (χ4n) is 5.73. The number of hydrogen-bond donors (Lipinski definition) is 2. The number of nitrogen functional groups attached to an aromatic ring is 1. The number of amides is 2. The first-order valence-electron chi connectivity index (χ1n) is 17.2. The van der Waals surface area contributed by atoms with Gasteiger partial charge in [0.15, 0.2) is 0 Å². The van der Waals surface area contributed by atoms with Crippen molar-refractivity contribution in [2.75, 3.05) is 18.9 Å². The van der Waals surface area contributed by atoms with Gasteiger partial charge in [-0.2, -0.15) is 0 Å². The van der Waals surface area contributed by atoms with Crippen LogP contribution in [0.2, 0.25) is 0 Å². The molecule has 8 nitrogen and oxygen atoms in total. The van der Waals surface area contributed by atoms with Crippen LogP contribution in [0.1, 0.15) is 140 Å². The van der Waals surface area contributed by atoms with Crippen LogP contribution >= 0.6 is 11.3 Å². The molecule has 46 heavy (non-hydrogen) atoms. The smallest absolute Gasteiger partial charge is 0.270 e. The lowest BCUT2D eigenvalue weighted by atomic mass is 9.85. The van der Waals surface area contributed by atoms with Crippen molar-refractivity contribution in [3.8, 4) is 0 Å². The van der Waals surface area contributed by atoms with Gasteiger partial charge in [-0.25, -0.2) is 4.98 Å². The summed E-state index contributed by atoms with van der Waals surface area (Å²) in [6.07, 6.45) is 8.93. The van der Waals surface area contributed by atoms with Crippen LogP contribution in [0.5, 0.6) is 0 Å². The predicted molar refractivity (Wildman–Crippen MR) is 192 cm³/mol. The average Bonchev–Trinajstić information content (AvgIpc) is 3.50. The molecule has 9 heteroatoms. The molecule has 3 atom stereocenters. The average molecular weight is 659 g/mol. The van der Waals surface area contributed by atoms with E-state index < -0.39 is 0 Å². The lowest BCUT2D eigenvalue weighted by Gasteiger charge is -2.36. The third-order valence-electron chi connectivity index (χ3n) is 8.00. The first-order valence-corrected chi connectivity index (χ1v) is 18.1. The number of rotatable bonds is 20. The largest absolute Gasteiger partial charge is 0.399 e. The number of aromatic nitrogens is 1. The van der Waals surface area contributed by atoms with Crippen LogP contribution in [0.4, 0.5) is 5.69 Å². The van der Waals surface area contributed by atoms with Crippen LogP contribution in [-0.4, -0.2) is 53.7 Å². The van der Waals surface area contributed by atoms with Crippen molar-refractivity contribution in [1.29, 1.82) is 0 Å². The second kappa shape index (κ2) is 21.9. The Kier molecular flexibility index (Phi) is 19.6. The molecule has 1 heterocycles. The summed E-state index contributed by atoms with van der Waals surface area (Å²) >= 11 is 1.47. The topological polar surface area (TPSA) is 115 Å². The van der Waals surface area contributed by atoms with Gasteiger partial charge in [0.1, 0.15) is 23.6 Å². The fraction of sp³-hybridized carbons (Fsp3) is 0.676. The Morgan fingerprint density at radius 2 is 1.67 bits per heavy atom. The van der Waals surface area contributed by atoms with E-state index in [2.05, 4.69) is 58.7 Å². The van der Waals surface area contributed by atoms with Gasteiger partial charge >= 0.3 is 0 Å². The van der Waals surface area contributed by atoms with E-state index in [0.717, 1.165) is 61.3 Å². The maximum absolute atomic E-state index is 13.5. The number of anilines is 1. The van der Waals surface area contributed by atoms with Crippen LogP contribution in [-0.2, 0) is 20.7 Å². The van der Waals surface area contributed by atoms with Crippen LogP contribution in [0.25, 0.3) is 0 Å². The SMILES string of the molecule is C=O.CCCCCCN(C(=O)CCCC)C(C[C@@H](OCC)c1nc(C(=O)N[C@@H](Cc2ccc(N)cc2)CC(C)(C)C)cs1)C(C)C. The Balaban J connectivity index is 0.00000518. The molecule has 260 valence electrons. The Hall–Kier alpha value is -2.78. The first kappa shape index (κ1) is 41.2. The number of carbonyl (C=O) groups excluding carboxylic acids is 3. The van der Waals surface area contributed by atoms with Crippen LogP contribution in [0, 0.1) is 11.3 Å². The number of hydrogen-bond acceptors (Lipinski definition) is 7. The minimum Gasteiger partial charge on any atom is -0.399 e. The monoisotopic (exact) mass is 658 g/mol. The normalized spacial score (nSPS) is 13.4. The number of unbranched alkanes of at least 4 members (excludes halogenated alkanes) is 4. The number of ether oxygens (including phenoxy) is 1. The third-order valence-corrected chi connectivity index (χ3v) is 8.93. The molecule has 2 aromatic rings. The second-order valence-corrected chi connectivity index (χ2v) is 14.6. The van der Waals surface area contributed by atoms with E-state index in [1.54, 1.807) is 0 Å². The Bertz CT molecular complexity index is 1130. The van der Waals surface area contributed by atoms with E-state index in [1.807, 2.05) is 43.4 Å². The molecule has 0 radical (unpaired) electrons. The van der Waals surface area contributed by atoms with E-state index in [1.165, 1.54) is 24.2 Å². The molecule has 1 aromatic heterocycles. The third kappa shape index (κ3) is 15.2. The highest BCUT2D eigenvalue weighted by molar-refractivity contribution is 7.09. The van der Waals surface area contributed by atoms with Gasteiger partial charge in [-0.05, 0) is 61.6 Å². The zero-order chi connectivity index (χ0) is 34.7. The minimum atomic E-state index is -0.281. The van der Waals surface area contributed by atoms with Gasteiger partial charge in [0.05, 0.1) is 0 Å². The second-order valence-electron chi connectivity index (χ2n) is 13.7. The maximum atomic E-state index is 13.5. The molecule has 0 saturated heterocycles. The van der Waals surface area contributed by atoms with Gasteiger partial charge in [0.2, 0.25) is 5.91 Å². The molecule has 3 N–H and O–H groups in total. The summed E-state index contributed by atoms with van der Waals surface area (Å²) in [6, 6.07) is 7.85. The number of thiazole rings is 1. The van der Waals surface area contributed by atoms with Crippen LogP contribution < -0.4 is 11.1 Å². The van der Waals surface area contributed by atoms with Crippen molar-refractivity contribution in [2.24, 2.45) is 11.3 Å². The molecule has 1 aromatic carbocycles. The highest BCUT2D eigenvalue weighted by Crippen LogP contribution is 2.31. The lowest BCUT2D eigenvalue weighted by Crippen LogP contribution is -2.45. The van der Waals surface area contributed by atoms with Crippen molar-refractivity contribution >= 4 is 35.6 Å². The lowest BCUT2D eigenvalue weighted by molar-refractivity contribution is -0.135. The van der Waals surface area contributed by atoms with Gasteiger partial charge in [-0.15, -0.1) is 11.3 Å². The van der Waals surface area contributed by atoms with E-state index in [9.17, 15) is 9.59 Å². The highest BCUT2D eigenvalue weighted by Gasteiger charge is 2.31. The summed E-state index contributed by atoms with van der Waals surface area (Å²) in [4.78, 5) is 41.9. The minimum absolute atomic E-state index is 0.0368. The fourth-order valence-corrected chi connectivity index (χ4v) is 6.59. The van der Waals surface area contributed by atoms with E-state index in [0.29, 0.717) is 25.1 Å². The first-order chi connectivity index (χ1) is 21.9. The predicted octanol–water partition coefficient (Wildman–Crippen LogP) is 8.41. The number of carbonyl (C=O) groups is 3. The van der Waals surface area contributed by atoms with Crippen molar-refractivity contribution in [3.05, 3.63) is 45.9 Å². The van der Waals surface area contributed by atoms with E-state index in [-0.39, 0.29) is 41.3 Å². The molecule has 0 bridgehead atoms. The van der Waals surface area contributed by atoms with Crippen LogP contribution in [0.15, 0.2) is 29.6 Å². The molecule has 0 aliphatic heterocycles. The molecule has 0 aliphatic carbocycles. The molecule has 0 spiro atoms. The van der Waals surface area contributed by atoms with Crippen LogP contribution in [0.3, 0.4) is 0 Å². The molecule has 1 unspecified atom stereocenters. The number of nitrogens with one attached hydrogen (secondary N) is 1. The van der Waals surface area contributed by atoms with Gasteiger partial charge in [0, 0.05) is 49.1 Å². The molecular weight excluding hydrogens is 596 g/mol. The van der Waals surface area contributed by atoms with E-state index in [4.69, 9.17) is 20.2 Å². The van der Waals surface area contributed by atoms with Crippen molar-refractivity contribution in [2.45, 2.75) is 138 Å². The molecule has 2 rings (SSSR count). The van der Waals surface area contributed by atoms with Crippen molar-refractivity contribution < 1.29 is 19.1 Å². The molecule has 2 amide bonds. The molecule has 0 saturated carbocycles. The summed E-state index contributed by atoms with van der Waals surface area (Å²) in [6.45, 7) is 20.6. The summed E-state index contributed by atoms with van der Waals surface area (Å²) < 4.78 is 6.26. The Morgan fingerprint density at radius 3 is 2.24 bits per heavy atom.